The molecular formula is C13H17F3N2O2. The molecule has 0 spiro atoms. The summed E-state index contributed by atoms with van der Waals surface area (Å²) in [6, 6.07) is 1.41. The SMILES string of the molecule is CC(C)CC(C)Nc1nc(C(F)(F)F)ccc1C(=O)O. The molecule has 0 amide bonds. The van der Waals surface area contributed by atoms with Crippen molar-refractivity contribution in [1.29, 1.82) is 0 Å². The molecule has 0 saturated heterocycles. The van der Waals surface area contributed by atoms with Gasteiger partial charge in [0.2, 0.25) is 0 Å². The number of hydrogen-bond acceptors (Lipinski definition) is 3. The molecule has 1 heterocycles. The summed E-state index contributed by atoms with van der Waals surface area (Å²) in [5, 5.41) is 11.7. The van der Waals surface area contributed by atoms with Crippen LogP contribution in [0.5, 0.6) is 0 Å². The second-order valence-corrected chi connectivity index (χ2v) is 5.07. The number of anilines is 1. The highest BCUT2D eigenvalue weighted by atomic mass is 19.4. The van der Waals surface area contributed by atoms with Crippen LogP contribution in [-0.2, 0) is 6.18 Å². The zero-order chi connectivity index (χ0) is 15.5. The molecule has 0 fully saturated rings. The molecule has 1 aromatic rings. The van der Waals surface area contributed by atoms with Gasteiger partial charge >= 0.3 is 12.1 Å². The van der Waals surface area contributed by atoms with Crippen molar-refractivity contribution in [3.8, 4) is 0 Å². The fourth-order valence-corrected chi connectivity index (χ4v) is 1.90. The number of carboxylic acid groups (broad SMARTS) is 1. The Morgan fingerprint density at radius 3 is 2.40 bits per heavy atom. The zero-order valence-corrected chi connectivity index (χ0v) is 11.5. The first kappa shape index (κ1) is 16.3. The Kier molecular flexibility index (Phi) is 4.97. The third-order valence-corrected chi connectivity index (χ3v) is 2.62. The van der Waals surface area contributed by atoms with E-state index in [-0.39, 0.29) is 17.4 Å². The fraction of sp³-hybridized carbons (Fsp3) is 0.538. The predicted molar refractivity (Wildman–Crippen MR) is 68.7 cm³/mol. The van der Waals surface area contributed by atoms with Gasteiger partial charge in [0.1, 0.15) is 17.1 Å². The minimum Gasteiger partial charge on any atom is -0.478 e. The fourth-order valence-electron chi connectivity index (χ4n) is 1.90. The van der Waals surface area contributed by atoms with E-state index in [1.165, 1.54) is 0 Å². The second-order valence-electron chi connectivity index (χ2n) is 5.07. The number of nitrogens with zero attached hydrogens (tertiary/aromatic N) is 1. The van der Waals surface area contributed by atoms with Crippen LogP contribution in [0, 0.1) is 5.92 Å². The van der Waals surface area contributed by atoms with Crippen LogP contribution in [0.2, 0.25) is 0 Å². The predicted octanol–water partition coefficient (Wildman–Crippen LogP) is 3.65. The molecule has 1 unspecified atom stereocenters. The molecule has 1 aromatic heterocycles. The largest absolute Gasteiger partial charge is 0.478 e. The van der Waals surface area contributed by atoms with Gasteiger partial charge in [0, 0.05) is 6.04 Å². The van der Waals surface area contributed by atoms with Gasteiger partial charge in [-0.1, -0.05) is 13.8 Å². The van der Waals surface area contributed by atoms with Crippen molar-refractivity contribution < 1.29 is 23.1 Å². The molecule has 0 aromatic carbocycles. The van der Waals surface area contributed by atoms with Crippen molar-refractivity contribution in [3.63, 3.8) is 0 Å². The number of carbonyl (C=O) groups is 1. The summed E-state index contributed by atoms with van der Waals surface area (Å²) in [6.45, 7) is 5.71. The molecule has 2 N–H and O–H groups in total. The number of carboxylic acids is 1. The first-order chi connectivity index (χ1) is 9.11. The van der Waals surface area contributed by atoms with Gasteiger partial charge in [-0.05, 0) is 31.4 Å². The number of nitrogens with one attached hydrogen (secondary N) is 1. The lowest BCUT2D eigenvalue weighted by Crippen LogP contribution is -2.21. The maximum absolute atomic E-state index is 12.6. The van der Waals surface area contributed by atoms with E-state index in [0.29, 0.717) is 18.4 Å². The van der Waals surface area contributed by atoms with Gasteiger partial charge in [0.25, 0.3) is 0 Å². The Hall–Kier alpha value is -1.79. The van der Waals surface area contributed by atoms with E-state index >= 15 is 0 Å². The summed E-state index contributed by atoms with van der Waals surface area (Å²) in [7, 11) is 0. The first-order valence-corrected chi connectivity index (χ1v) is 6.19. The van der Waals surface area contributed by atoms with Crippen LogP contribution < -0.4 is 5.32 Å². The Morgan fingerprint density at radius 2 is 1.95 bits per heavy atom. The molecule has 0 radical (unpaired) electrons. The van der Waals surface area contributed by atoms with E-state index in [1.807, 2.05) is 13.8 Å². The molecule has 0 aliphatic heterocycles. The molecule has 0 aliphatic carbocycles. The smallest absolute Gasteiger partial charge is 0.433 e. The molecule has 4 nitrogen and oxygen atoms in total. The van der Waals surface area contributed by atoms with Crippen LogP contribution in [0.3, 0.4) is 0 Å². The topological polar surface area (TPSA) is 62.2 Å². The molecular weight excluding hydrogens is 273 g/mol. The number of aromatic nitrogens is 1. The van der Waals surface area contributed by atoms with Crippen LogP contribution in [-0.4, -0.2) is 22.1 Å². The normalized spacial score (nSPS) is 13.3. The van der Waals surface area contributed by atoms with E-state index in [9.17, 15) is 18.0 Å². The van der Waals surface area contributed by atoms with Gasteiger partial charge in [-0.25, -0.2) is 9.78 Å². The van der Waals surface area contributed by atoms with Gasteiger partial charge in [-0.3, -0.25) is 0 Å². The summed E-state index contributed by atoms with van der Waals surface area (Å²) in [5.41, 5.74) is -1.38. The van der Waals surface area contributed by atoms with Gasteiger partial charge in [-0.15, -0.1) is 0 Å². The molecule has 112 valence electrons. The van der Waals surface area contributed by atoms with E-state index < -0.39 is 17.8 Å². The Labute approximate surface area is 115 Å². The Balaban J connectivity index is 3.09. The zero-order valence-electron chi connectivity index (χ0n) is 11.5. The van der Waals surface area contributed by atoms with Crippen LogP contribution in [0.4, 0.5) is 19.0 Å². The van der Waals surface area contributed by atoms with E-state index in [2.05, 4.69) is 10.3 Å². The number of alkyl halides is 3. The number of hydrogen-bond donors (Lipinski definition) is 2. The molecule has 0 bridgehead atoms. The molecule has 7 heteroatoms. The minimum atomic E-state index is -4.60. The highest BCUT2D eigenvalue weighted by molar-refractivity contribution is 5.93. The van der Waals surface area contributed by atoms with Gasteiger partial charge in [0.15, 0.2) is 0 Å². The van der Waals surface area contributed by atoms with Crippen molar-refractivity contribution in [2.24, 2.45) is 5.92 Å². The lowest BCUT2D eigenvalue weighted by molar-refractivity contribution is -0.141. The highest BCUT2D eigenvalue weighted by Crippen LogP contribution is 2.29. The van der Waals surface area contributed by atoms with E-state index in [1.54, 1.807) is 6.92 Å². The standard InChI is InChI=1S/C13H17F3N2O2/c1-7(2)6-8(3)17-11-9(12(19)20)4-5-10(18-11)13(14,15)16/h4-5,7-8H,6H2,1-3H3,(H,17,18)(H,19,20). The Morgan fingerprint density at radius 1 is 1.35 bits per heavy atom. The first-order valence-electron chi connectivity index (χ1n) is 6.19. The monoisotopic (exact) mass is 290 g/mol. The number of rotatable bonds is 5. The molecule has 0 saturated carbocycles. The average Bonchev–Trinajstić information content (AvgIpc) is 2.25. The quantitative estimate of drug-likeness (QED) is 0.869. The van der Waals surface area contributed by atoms with Crippen LogP contribution >= 0.6 is 0 Å². The number of halogens is 3. The second kappa shape index (κ2) is 6.11. The summed E-state index contributed by atoms with van der Waals surface area (Å²) < 4.78 is 37.8. The van der Waals surface area contributed by atoms with E-state index in [4.69, 9.17) is 5.11 Å². The van der Waals surface area contributed by atoms with E-state index in [0.717, 1.165) is 6.07 Å². The molecule has 20 heavy (non-hydrogen) atoms. The lowest BCUT2D eigenvalue weighted by atomic mass is 10.1. The third-order valence-electron chi connectivity index (χ3n) is 2.62. The van der Waals surface area contributed by atoms with Crippen molar-refractivity contribution in [2.45, 2.75) is 39.4 Å². The van der Waals surface area contributed by atoms with Gasteiger partial charge in [-0.2, -0.15) is 13.2 Å². The van der Waals surface area contributed by atoms with Crippen molar-refractivity contribution in [2.75, 3.05) is 5.32 Å². The molecule has 0 aliphatic rings. The lowest BCUT2D eigenvalue weighted by Gasteiger charge is -2.18. The summed E-state index contributed by atoms with van der Waals surface area (Å²) in [6.07, 6.45) is -3.91. The Bertz CT molecular complexity index is 487. The molecule has 1 atom stereocenters. The van der Waals surface area contributed by atoms with Gasteiger partial charge < -0.3 is 10.4 Å². The number of aromatic carboxylic acids is 1. The molecule has 1 rings (SSSR count). The van der Waals surface area contributed by atoms with Crippen LogP contribution in [0.1, 0.15) is 43.2 Å². The summed E-state index contributed by atoms with van der Waals surface area (Å²) >= 11 is 0. The maximum atomic E-state index is 12.6. The van der Waals surface area contributed by atoms with Crippen molar-refractivity contribution in [3.05, 3.63) is 23.4 Å². The average molecular weight is 290 g/mol. The van der Waals surface area contributed by atoms with Crippen molar-refractivity contribution in [1.82, 2.24) is 4.98 Å². The van der Waals surface area contributed by atoms with Crippen molar-refractivity contribution >= 4 is 11.8 Å². The van der Waals surface area contributed by atoms with Gasteiger partial charge in [0.05, 0.1) is 0 Å². The van der Waals surface area contributed by atoms with Crippen LogP contribution in [0.15, 0.2) is 12.1 Å². The summed E-state index contributed by atoms with van der Waals surface area (Å²) in [4.78, 5) is 14.4. The number of pyridine rings is 1. The minimum absolute atomic E-state index is 0.177. The van der Waals surface area contributed by atoms with Crippen LogP contribution in [0.25, 0.3) is 0 Å². The third kappa shape index (κ3) is 4.40. The maximum Gasteiger partial charge on any atom is 0.433 e. The summed E-state index contributed by atoms with van der Waals surface area (Å²) in [5.74, 6) is -1.23. The highest BCUT2D eigenvalue weighted by Gasteiger charge is 2.33.